The molecular weight excluding hydrogens is 573 g/mol. The lowest BCUT2D eigenvalue weighted by Gasteiger charge is -2.27. The third-order valence-electron chi connectivity index (χ3n) is 5.41. The number of rotatable bonds is 18. The van der Waals surface area contributed by atoms with Crippen LogP contribution in [0.5, 0.6) is 11.6 Å². The molecule has 228 valence electrons. The van der Waals surface area contributed by atoms with E-state index in [1.54, 1.807) is 37.3 Å². The van der Waals surface area contributed by atoms with Crippen molar-refractivity contribution >= 4 is 30.8 Å². The summed E-state index contributed by atoms with van der Waals surface area (Å²) >= 11 is 0. The Balaban J connectivity index is 1.83. The van der Waals surface area contributed by atoms with Crippen molar-refractivity contribution in [2.24, 2.45) is 5.11 Å². The molecule has 0 saturated heterocycles. The van der Waals surface area contributed by atoms with Crippen LogP contribution >= 0.6 is 7.75 Å². The second kappa shape index (κ2) is 15.9. The zero-order valence-electron chi connectivity index (χ0n) is 23.4. The molecule has 18 heteroatoms. The highest BCUT2D eigenvalue weighted by atomic mass is 31.2. The maximum absolute atomic E-state index is 13.8. The normalized spacial score (nSPS) is 14.8. The van der Waals surface area contributed by atoms with E-state index in [1.165, 1.54) is 17.8 Å². The minimum Gasteiger partial charge on any atom is -0.476 e. The molecule has 42 heavy (non-hydrogen) atoms. The van der Waals surface area contributed by atoms with Gasteiger partial charge in [0.25, 0.3) is 0 Å². The van der Waals surface area contributed by atoms with Crippen LogP contribution in [0.4, 0.5) is 5.95 Å². The van der Waals surface area contributed by atoms with E-state index in [0.29, 0.717) is 13.0 Å². The number of azide groups is 1. The lowest BCUT2D eigenvalue weighted by molar-refractivity contribution is -0.145. The Kier molecular flexibility index (Phi) is 12.3. The Labute approximate surface area is 241 Å². The van der Waals surface area contributed by atoms with E-state index in [4.69, 9.17) is 34.5 Å². The molecule has 2 heterocycles. The molecule has 4 N–H and O–H groups in total. The molecule has 0 aliphatic heterocycles. The number of para-hydroxylation sites is 1. The zero-order chi connectivity index (χ0) is 30.5. The van der Waals surface area contributed by atoms with Crippen LogP contribution in [0, 0.1) is 0 Å². The molecule has 3 rings (SSSR count). The number of esters is 1. The highest BCUT2D eigenvalue weighted by Gasteiger charge is 2.34. The minimum absolute atomic E-state index is 0.0890. The van der Waals surface area contributed by atoms with Crippen LogP contribution in [0.2, 0.25) is 0 Å². The quantitative estimate of drug-likeness (QED) is 0.0621. The monoisotopic (exact) mass is 607 g/mol. The summed E-state index contributed by atoms with van der Waals surface area (Å²) in [4.78, 5) is 27.6. The van der Waals surface area contributed by atoms with Crippen molar-refractivity contribution < 1.29 is 37.7 Å². The molecule has 0 spiro atoms. The maximum atomic E-state index is 13.8. The number of aliphatic hydroxyl groups is 1. The Hall–Kier alpha value is -3.98. The molecule has 0 aliphatic rings. The van der Waals surface area contributed by atoms with E-state index < -0.39 is 45.3 Å². The number of aromatic nitrogens is 4. The molecule has 17 nitrogen and oxygen atoms in total. The lowest BCUT2D eigenvalue weighted by atomic mass is 10.3. The van der Waals surface area contributed by atoms with Gasteiger partial charge in [-0.15, -0.1) is 0 Å². The van der Waals surface area contributed by atoms with Gasteiger partial charge >= 0.3 is 13.7 Å². The fourth-order valence-electron chi connectivity index (χ4n) is 3.52. The van der Waals surface area contributed by atoms with Crippen molar-refractivity contribution in [2.45, 2.75) is 45.6 Å². The molecule has 0 bridgehead atoms. The molecule has 2 aromatic heterocycles. The van der Waals surface area contributed by atoms with Crippen LogP contribution < -0.4 is 20.1 Å². The summed E-state index contributed by atoms with van der Waals surface area (Å²) in [7, 11) is -4.23. The van der Waals surface area contributed by atoms with Crippen molar-refractivity contribution in [3.63, 3.8) is 0 Å². The number of nitrogens with zero attached hydrogens (tertiary/aromatic N) is 7. The van der Waals surface area contributed by atoms with E-state index in [-0.39, 0.29) is 41.9 Å². The second-order valence-corrected chi connectivity index (χ2v) is 10.4. The van der Waals surface area contributed by atoms with E-state index in [1.807, 2.05) is 6.92 Å². The first-order valence-electron chi connectivity index (χ1n) is 13.1. The van der Waals surface area contributed by atoms with Gasteiger partial charge in [0.1, 0.15) is 24.1 Å². The van der Waals surface area contributed by atoms with E-state index in [2.05, 4.69) is 30.1 Å². The number of imidazole rings is 1. The number of nitrogen functional groups attached to an aromatic ring is 1. The maximum Gasteiger partial charge on any atom is 0.459 e. The number of benzene rings is 1. The summed E-state index contributed by atoms with van der Waals surface area (Å²) in [6, 6.07) is 7.14. The lowest BCUT2D eigenvalue weighted by Crippen LogP contribution is -2.36. The topological polar surface area (TPSA) is 231 Å². The third-order valence-corrected chi connectivity index (χ3v) is 7.05. The zero-order valence-corrected chi connectivity index (χ0v) is 24.3. The molecule has 0 aliphatic carbocycles. The summed E-state index contributed by atoms with van der Waals surface area (Å²) < 4.78 is 43.0. The van der Waals surface area contributed by atoms with Gasteiger partial charge in [-0.1, -0.05) is 30.2 Å². The van der Waals surface area contributed by atoms with Gasteiger partial charge in [-0.3, -0.25) is 13.9 Å². The van der Waals surface area contributed by atoms with Crippen molar-refractivity contribution in [2.75, 3.05) is 38.7 Å². The summed E-state index contributed by atoms with van der Waals surface area (Å²) in [5.74, 6) is -0.382. The van der Waals surface area contributed by atoms with Crippen LogP contribution in [0.25, 0.3) is 21.6 Å². The van der Waals surface area contributed by atoms with Gasteiger partial charge in [0, 0.05) is 4.91 Å². The van der Waals surface area contributed by atoms with Crippen LogP contribution in [0.3, 0.4) is 0 Å². The first-order valence-corrected chi connectivity index (χ1v) is 14.6. The summed E-state index contributed by atoms with van der Waals surface area (Å²) in [6.45, 7) is 4.24. The number of nitrogens with two attached hydrogens (primary N) is 1. The molecule has 4 atom stereocenters. The molecule has 1 aromatic carbocycles. The third kappa shape index (κ3) is 9.01. The number of ether oxygens (including phenoxy) is 3. The van der Waals surface area contributed by atoms with E-state index >= 15 is 0 Å². The van der Waals surface area contributed by atoms with Gasteiger partial charge in [-0.05, 0) is 37.9 Å². The molecular formula is C24H34N9O8P. The number of fused-ring (bicyclic) bond motifs is 1. The van der Waals surface area contributed by atoms with Crippen molar-refractivity contribution in [3.05, 3.63) is 47.1 Å². The first kappa shape index (κ1) is 32.5. The Bertz CT molecular complexity index is 1400. The SMILES string of the molecule is CCCOC(=O)[C@H](C)NP(=O)(OC[C@H](CO)O[C@H](CN=[N+]=[N-])n1cnc2c(OCC)nc(N)nc21)Oc1ccccc1. The van der Waals surface area contributed by atoms with Crippen LogP contribution in [-0.2, 0) is 23.4 Å². The average Bonchev–Trinajstić information content (AvgIpc) is 3.40. The molecule has 1 unspecified atom stereocenters. The fraction of sp³-hybridized carbons (Fsp3) is 0.500. The number of anilines is 1. The van der Waals surface area contributed by atoms with Gasteiger partial charge in [-0.2, -0.15) is 15.1 Å². The second-order valence-electron chi connectivity index (χ2n) is 8.67. The standard InChI is InChI=1S/C24H34N9O8P/c1-4-11-38-23(35)16(3)31-42(36,41-17-9-7-6-8-10-17)39-14-18(13-34)40-19(12-28-32-26)33-15-27-20-21(33)29-24(25)30-22(20)37-5-2/h6-10,15-16,18-19,34H,4-5,11-14H2,1-3H3,(H,31,36)(H2,25,29,30)/t16-,18-,19+,42?/m0/s1. The average molecular weight is 608 g/mol. The molecule has 0 fully saturated rings. The highest BCUT2D eigenvalue weighted by Crippen LogP contribution is 2.45. The molecule has 0 saturated carbocycles. The number of hydrogen-bond donors (Lipinski definition) is 3. The van der Waals surface area contributed by atoms with Crippen molar-refractivity contribution in [3.8, 4) is 11.6 Å². The van der Waals surface area contributed by atoms with Gasteiger partial charge in [0.05, 0.1) is 39.3 Å². The fourth-order valence-corrected chi connectivity index (χ4v) is 5.05. The van der Waals surface area contributed by atoms with Gasteiger partial charge < -0.3 is 29.6 Å². The van der Waals surface area contributed by atoms with Crippen molar-refractivity contribution in [1.82, 2.24) is 24.6 Å². The van der Waals surface area contributed by atoms with Gasteiger partial charge in [0.15, 0.2) is 11.2 Å². The highest BCUT2D eigenvalue weighted by molar-refractivity contribution is 7.52. The van der Waals surface area contributed by atoms with Crippen LogP contribution in [0.15, 0.2) is 41.8 Å². The van der Waals surface area contributed by atoms with Gasteiger partial charge in [-0.25, -0.2) is 9.55 Å². The predicted octanol–water partition coefficient (Wildman–Crippen LogP) is 3.13. The van der Waals surface area contributed by atoms with E-state index in [9.17, 15) is 14.5 Å². The summed E-state index contributed by atoms with van der Waals surface area (Å²) in [5.41, 5.74) is 15.3. The molecule has 3 aromatic rings. The molecule has 0 amide bonds. The number of hydrogen-bond acceptors (Lipinski definition) is 13. The number of carbonyl (C=O) groups is 1. The summed E-state index contributed by atoms with van der Waals surface area (Å²) in [6.07, 6.45) is -0.204. The van der Waals surface area contributed by atoms with Crippen molar-refractivity contribution in [1.29, 1.82) is 0 Å². The number of carbonyl (C=O) groups excluding carboxylic acids is 1. The number of nitrogens with one attached hydrogen (secondary N) is 1. The Morgan fingerprint density at radius 3 is 2.71 bits per heavy atom. The molecule has 0 radical (unpaired) electrons. The van der Waals surface area contributed by atoms with Crippen LogP contribution in [-0.4, -0.2) is 75.7 Å². The summed E-state index contributed by atoms with van der Waals surface area (Å²) in [5, 5.41) is 16.3. The minimum atomic E-state index is -4.23. The largest absolute Gasteiger partial charge is 0.476 e. The predicted molar refractivity (Wildman–Crippen MR) is 150 cm³/mol. The Morgan fingerprint density at radius 1 is 1.29 bits per heavy atom. The Morgan fingerprint density at radius 2 is 2.05 bits per heavy atom. The van der Waals surface area contributed by atoms with Gasteiger partial charge in [0.2, 0.25) is 11.8 Å². The smallest absolute Gasteiger partial charge is 0.459 e. The number of aliphatic hydroxyl groups excluding tert-OH is 1. The first-order chi connectivity index (χ1) is 20.2. The van der Waals surface area contributed by atoms with Crippen LogP contribution in [0.1, 0.15) is 33.4 Å². The van der Waals surface area contributed by atoms with E-state index in [0.717, 1.165) is 0 Å².